The van der Waals surface area contributed by atoms with Gasteiger partial charge < -0.3 is 9.47 Å². The molecule has 0 saturated carbocycles. The molecule has 27 heavy (non-hydrogen) atoms. The molecular formula is C19H18BrNO5S. The smallest absolute Gasteiger partial charge is 0.296 e. The van der Waals surface area contributed by atoms with Gasteiger partial charge in [0.25, 0.3) is 10.1 Å². The minimum Gasteiger partial charge on any atom is -0.486 e. The molecule has 4 rings (SSSR count). The molecule has 3 aromatic rings. The molecular weight excluding hydrogens is 434 g/mol. The molecule has 0 bridgehead atoms. The van der Waals surface area contributed by atoms with E-state index in [1.807, 2.05) is 31.2 Å². The summed E-state index contributed by atoms with van der Waals surface area (Å²) in [6.45, 7) is 3.22. The quantitative estimate of drug-likeness (QED) is 0.546. The Balaban J connectivity index is 0.000000161. The maximum Gasteiger partial charge on any atom is 0.296 e. The van der Waals surface area contributed by atoms with Gasteiger partial charge in [-0.25, -0.2) is 0 Å². The van der Waals surface area contributed by atoms with E-state index in [1.54, 1.807) is 12.1 Å². The third-order valence-corrected chi connectivity index (χ3v) is 5.65. The molecule has 0 radical (unpaired) electrons. The van der Waals surface area contributed by atoms with Gasteiger partial charge in [-0.2, -0.15) is 8.42 Å². The molecule has 6 nitrogen and oxygen atoms in total. The molecule has 2 aromatic carbocycles. The number of ether oxygens (including phenoxy) is 2. The Labute approximate surface area is 166 Å². The lowest BCUT2D eigenvalue weighted by Crippen LogP contribution is -2.15. The van der Waals surface area contributed by atoms with Gasteiger partial charge in [0.1, 0.15) is 13.2 Å². The standard InChI is InChI=1S/C12H11NO2.C7H7BrO3S/c1-8-2-3-9-10(13-8)4-5-11-12(9)15-7-6-14-11;1-11-12(9,10)7-4-2-6(8)3-5-7/h2-5H,6-7H2,1H3;2-5H,1H3. The van der Waals surface area contributed by atoms with E-state index in [1.165, 1.54) is 12.1 Å². The van der Waals surface area contributed by atoms with E-state index < -0.39 is 10.1 Å². The minimum absolute atomic E-state index is 0.160. The highest BCUT2D eigenvalue weighted by Gasteiger charge is 2.15. The molecule has 0 atom stereocenters. The van der Waals surface area contributed by atoms with Gasteiger partial charge in [0.05, 0.1) is 17.5 Å². The zero-order chi connectivity index (χ0) is 19.4. The van der Waals surface area contributed by atoms with Crippen LogP contribution >= 0.6 is 15.9 Å². The highest BCUT2D eigenvalue weighted by molar-refractivity contribution is 9.10. The third-order valence-electron chi connectivity index (χ3n) is 3.83. The number of aryl methyl sites for hydroxylation is 1. The lowest BCUT2D eigenvalue weighted by atomic mass is 10.1. The van der Waals surface area contributed by atoms with Crippen molar-refractivity contribution in [2.45, 2.75) is 11.8 Å². The lowest BCUT2D eigenvalue weighted by molar-refractivity contribution is 0.174. The van der Waals surface area contributed by atoms with Crippen LogP contribution in [0.25, 0.3) is 10.9 Å². The Morgan fingerprint density at radius 2 is 1.70 bits per heavy atom. The topological polar surface area (TPSA) is 74.7 Å². The summed E-state index contributed by atoms with van der Waals surface area (Å²) in [6.07, 6.45) is 0. The number of pyridine rings is 1. The van der Waals surface area contributed by atoms with Gasteiger partial charge in [-0.3, -0.25) is 9.17 Å². The van der Waals surface area contributed by atoms with E-state index in [-0.39, 0.29) is 4.90 Å². The summed E-state index contributed by atoms with van der Waals surface area (Å²) in [7, 11) is -2.40. The Bertz CT molecular complexity index is 1050. The summed E-state index contributed by atoms with van der Waals surface area (Å²) < 4.78 is 38.4. The van der Waals surface area contributed by atoms with E-state index in [2.05, 4.69) is 25.1 Å². The van der Waals surface area contributed by atoms with Crippen LogP contribution in [0.1, 0.15) is 5.69 Å². The second-order valence-electron chi connectivity index (χ2n) is 5.68. The summed E-state index contributed by atoms with van der Waals surface area (Å²) >= 11 is 3.20. The number of nitrogens with zero attached hydrogens (tertiary/aromatic N) is 1. The van der Waals surface area contributed by atoms with Crippen LogP contribution in [0.5, 0.6) is 11.5 Å². The predicted molar refractivity (Wildman–Crippen MR) is 106 cm³/mol. The van der Waals surface area contributed by atoms with Crippen LogP contribution in [0.2, 0.25) is 0 Å². The monoisotopic (exact) mass is 451 g/mol. The molecule has 0 aliphatic carbocycles. The fourth-order valence-corrected chi connectivity index (χ4v) is 3.44. The largest absolute Gasteiger partial charge is 0.486 e. The fourth-order valence-electron chi connectivity index (χ4n) is 2.51. The summed E-state index contributed by atoms with van der Waals surface area (Å²) in [4.78, 5) is 4.61. The van der Waals surface area contributed by atoms with Crippen molar-refractivity contribution in [1.29, 1.82) is 0 Å². The molecule has 142 valence electrons. The van der Waals surface area contributed by atoms with E-state index >= 15 is 0 Å². The van der Waals surface area contributed by atoms with Crippen LogP contribution in [0, 0.1) is 6.92 Å². The molecule has 0 saturated heterocycles. The van der Waals surface area contributed by atoms with E-state index in [0.717, 1.165) is 39.7 Å². The van der Waals surface area contributed by atoms with Crippen LogP contribution in [0.3, 0.4) is 0 Å². The number of hydrogen-bond donors (Lipinski definition) is 0. The summed E-state index contributed by atoms with van der Waals surface area (Å²) in [5.74, 6) is 1.64. The summed E-state index contributed by atoms with van der Waals surface area (Å²) in [6, 6.07) is 14.1. The molecule has 8 heteroatoms. The lowest BCUT2D eigenvalue weighted by Gasteiger charge is -2.19. The molecule has 0 fully saturated rings. The highest BCUT2D eigenvalue weighted by Crippen LogP contribution is 2.36. The van der Waals surface area contributed by atoms with Crippen molar-refractivity contribution in [3.63, 3.8) is 0 Å². The van der Waals surface area contributed by atoms with Crippen LogP contribution in [-0.2, 0) is 14.3 Å². The molecule has 1 aliphatic heterocycles. The van der Waals surface area contributed by atoms with Crippen molar-refractivity contribution < 1.29 is 22.1 Å². The van der Waals surface area contributed by atoms with Crippen molar-refractivity contribution in [2.24, 2.45) is 0 Å². The van der Waals surface area contributed by atoms with Gasteiger partial charge in [0.2, 0.25) is 0 Å². The van der Waals surface area contributed by atoms with E-state index in [0.29, 0.717) is 13.2 Å². The molecule has 2 heterocycles. The van der Waals surface area contributed by atoms with Crippen molar-refractivity contribution in [1.82, 2.24) is 4.98 Å². The van der Waals surface area contributed by atoms with Crippen molar-refractivity contribution in [3.05, 3.63) is 58.7 Å². The Morgan fingerprint density at radius 1 is 1.00 bits per heavy atom. The molecule has 0 spiro atoms. The second kappa shape index (κ2) is 8.24. The first kappa shape index (κ1) is 19.6. The number of rotatable bonds is 2. The highest BCUT2D eigenvalue weighted by atomic mass is 79.9. The van der Waals surface area contributed by atoms with Gasteiger partial charge in [-0.1, -0.05) is 15.9 Å². The number of halogens is 1. The molecule has 1 aliphatic rings. The Hall–Kier alpha value is -2.16. The van der Waals surface area contributed by atoms with Crippen molar-refractivity contribution in [2.75, 3.05) is 20.3 Å². The zero-order valence-electron chi connectivity index (χ0n) is 14.8. The number of aromatic nitrogens is 1. The first-order valence-electron chi connectivity index (χ1n) is 8.13. The Morgan fingerprint density at radius 3 is 2.41 bits per heavy atom. The van der Waals surface area contributed by atoms with Gasteiger partial charge in [0.15, 0.2) is 11.5 Å². The number of benzene rings is 2. The average molecular weight is 452 g/mol. The Kier molecular flexibility index (Phi) is 5.98. The van der Waals surface area contributed by atoms with Crippen molar-refractivity contribution >= 4 is 37.0 Å². The molecule has 1 aromatic heterocycles. The number of hydrogen-bond acceptors (Lipinski definition) is 6. The second-order valence-corrected chi connectivity index (χ2v) is 8.31. The van der Waals surface area contributed by atoms with Crippen LogP contribution in [-0.4, -0.2) is 33.7 Å². The van der Waals surface area contributed by atoms with E-state index in [9.17, 15) is 8.42 Å². The zero-order valence-corrected chi connectivity index (χ0v) is 17.2. The van der Waals surface area contributed by atoms with Crippen LogP contribution in [0.15, 0.2) is 57.9 Å². The van der Waals surface area contributed by atoms with Crippen LogP contribution in [0.4, 0.5) is 0 Å². The molecule has 0 N–H and O–H groups in total. The van der Waals surface area contributed by atoms with Gasteiger partial charge in [-0.05, 0) is 55.5 Å². The van der Waals surface area contributed by atoms with Gasteiger partial charge in [-0.15, -0.1) is 0 Å². The summed E-state index contributed by atoms with van der Waals surface area (Å²) in [5, 5.41) is 1.03. The fraction of sp³-hybridized carbons (Fsp3) is 0.211. The minimum atomic E-state index is -3.54. The predicted octanol–water partition coefficient (Wildman–Crippen LogP) is 4.10. The van der Waals surface area contributed by atoms with Crippen LogP contribution < -0.4 is 9.47 Å². The third kappa shape index (κ3) is 4.58. The maximum atomic E-state index is 11.1. The van der Waals surface area contributed by atoms with E-state index in [4.69, 9.17) is 9.47 Å². The van der Waals surface area contributed by atoms with Crippen molar-refractivity contribution in [3.8, 4) is 11.5 Å². The first-order valence-corrected chi connectivity index (χ1v) is 10.3. The maximum absolute atomic E-state index is 11.1. The first-order chi connectivity index (χ1) is 12.9. The molecule has 0 amide bonds. The summed E-state index contributed by atoms with van der Waals surface area (Å²) in [5.41, 5.74) is 1.97. The van der Waals surface area contributed by atoms with Gasteiger partial charge in [0, 0.05) is 15.6 Å². The number of fused-ring (bicyclic) bond motifs is 3. The van der Waals surface area contributed by atoms with Gasteiger partial charge >= 0.3 is 0 Å². The molecule has 0 unspecified atom stereocenters. The average Bonchev–Trinajstić information content (AvgIpc) is 2.68. The SMILES string of the molecule is COS(=O)(=O)c1ccc(Br)cc1.Cc1ccc2c3c(ccc2n1)OCCO3. The normalized spacial score (nSPS) is 13.0.